The van der Waals surface area contributed by atoms with Crippen LogP contribution < -0.4 is 5.32 Å². The fourth-order valence-corrected chi connectivity index (χ4v) is 2.42. The average Bonchev–Trinajstić information content (AvgIpc) is 2.42. The van der Waals surface area contributed by atoms with E-state index in [0.29, 0.717) is 18.2 Å². The minimum absolute atomic E-state index is 0.0262. The Morgan fingerprint density at radius 1 is 1.35 bits per heavy atom. The molecule has 110 valence electrons. The highest BCUT2D eigenvalue weighted by molar-refractivity contribution is 5.94. The molecule has 1 fully saturated rings. The van der Waals surface area contributed by atoms with E-state index in [2.05, 4.69) is 12.2 Å². The maximum Gasteiger partial charge on any atom is 0.254 e. The molecule has 2 rings (SSSR count). The summed E-state index contributed by atoms with van der Waals surface area (Å²) in [6, 6.07) is 7.93. The molecule has 0 radical (unpaired) electrons. The molecule has 1 amide bonds. The zero-order valence-electron chi connectivity index (χ0n) is 12.1. The minimum Gasteiger partial charge on any atom is -0.395 e. The van der Waals surface area contributed by atoms with Crippen LogP contribution in [-0.2, 0) is 0 Å². The molecule has 1 aliphatic rings. The van der Waals surface area contributed by atoms with Gasteiger partial charge in [-0.2, -0.15) is 0 Å². The molecule has 4 nitrogen and oxygen atoms in total. The van der Waals surface area contributed by atoms with Crippen LogP contribution >= 0.6 is 0 Å². The highest BCUT2D eigenvalue weighted by atomic mass is 16.3. The van der Waals surface area contributed by atoms with E-state index in [-0.39, 0.29) is 12.5 Å². The van der Waals surface area contributed by atoms with Gasteiger partial charge in [0.25, 0.3) is 5.91 Å². The van der Waals surface area contributed by atoms with Crippen LogP contribution in [-0.4, -0.2) is 41.7 Å². The van der Waals surface area contributed by atoms with Gasteiger partial charge in [0.15, 0.2) is 0 Å². The van der Waals surface area contributed by atoms with Gasteiger partial charge < -0.3 is 15.3 Å². The number of carbonyl (C=O) groups excluding carboxylic acids is 1. The Balaban J connectivity index is 2.02. The van der Waals surface area contributed by atoms with Gasteiger partial charge in [-0.1, -0.05) is 6.92 Å². The van der Waals surface area contributed by atoms with Gasteiger partial charge in [0, 0.05) is 30.4 Å². The number of anilines is 1. The SMILES string of the molecule is CCCNc1ccc(C(=O)N(CCO)C2CCC2)cc1. The first kappa shape index (κ1) is 14.9. The van der Waals surface area contributed by atoms with Crippen molar-refractivity contribution >= 4 is 11.6 Å². The van der Waals surface area contributed by atoms with E-state index in [9.17, 15) is 4.79 Å². The van der Waals surface area contributed by atoms with Crippen LogP contribution in [0.2, 0.25) is 0 Å². The number of aliphatic hydroxyl groups excluding tert-OH is 1. The highest BCUT2D eigenvalue weighted by Crippen LogP contribution is 2.26. The largest absolute Gasteiger partial charge is 0.395 e. The van der Waals surface area contributed by atoms with Crippen LogP contribution in [0.5, 0.6) is 0 Å². The van der Waals surface area contributed by atoms with Crippen LogP contribution in [0, 0.1) is 0 Å². The van der Waals surface area contributed by atoms with E-state index in [1.807, 2.05) is 29.2 Å². The third kappa shape index (κ3) is 3.51. The number of nitrogens with one attached hydrogen (secondary N) is 1. The first-order valence-corrected chi connectivity index (χ1v) is 7.52. The smallest absolute Gasteiger partial charge is 0.254 e. The summed E-state index contributed by atoms with van der Waals surface area (Å²) in [6.07, 6.45) is 4.37. The maximum absolute atomic E-state index is 12.5. The van der Waals surface area contributed by atoms with Crippen molar-refractivity contribution in [3.8, 4) is 0 Å². The van der Waals surface area contributed by atoms with Crippen molar-refractivity contribution in [3.05, 3.63) is 29.8 Å². The molecule has 1 aromatic carbocycles. The Bertz CT molecular complexity index is 427. The molecular formula is C16H24N2O2. The molecule has 0 saturated heterocycles. The van der Waals surface area contributed by atoms with Crippen LogP contribution in [0.1, 0.15) is 43.0 Å². The fourth-order valence-electron chi connectivity index (χ4n) is 2.42. The number of hydrogen-bond acceptors (Lipinski definition) is 3. The number of benzene rings is 1. The molecule has 0 aliphatic heterocycles. The summed E-state index contributed by atoms with van der Waals surface area (Å²) < 4.78 is 0. The van der Waals surface area contributed by atoms with Gasteiger partial charge in [-0.15, -0.1) is 0 Å². The molecule has 1 saturated carbocycles. The second kappa shape index (κ2) is 7.29. The standard InChI is InChI=1S/C16H24N2O2/c1-2-10-17-14-8-6-13(7-9-14)16(20)18(11-12-19)15-4-3-5-15/h6-9,15,17,19H,2-5,10-12H2,1H3. The molecule has 0 unspecified atom stereocenters. The number of amides is 1. The second-order valence-corrected chi connectivity index (χ2v) is 5.31. The summed E-state index contributed by atoms with van der Waals surface area (Å²) >= 11 is 0. The number of aliphatic hydroxyl groups is 1. The second-order valence-electron chi connectivity index (χ2n) is 5.31. The van der Waals surface area contributed by atoms with Crippen LogP contribution in [0.15, 0.2) is 24.3 Å². The van der Waals surface area contributed by atoms with E-state index >= 15 is 0 Å². The normalized spacial score (nSPS) is 14.7. The lowest BCUT2D eigenvalue weighted by atomic mass is 9.91. The molecule has 2 N–H and O–H groups in total. The summed E-state index contributed by atoms with van der Waals surface area (Å²) in [5.74, 6) is 0.0331. The quantitative estimate of drug-likeness (QED) is 0.804. The van der Waals surface area contributed by atoms with Crippen molar-refractivity contribution in [3.63, 3.8) is 0 Å². The van der Waals surface area contributed by atoms with Crippen LogP contribution in [0.3, 0.4) is 0 Å². The van der Waals surface area contributed by atoms with Crippen molar-refractivity contribution in [1.29, 1.82) is 0 Å². The predicted octanol–water partition coefficient (Wildman–Crippen LogP) is 2.50. The summed E-state index contributed by atoms with van der Waals surface area (Å²) in [5.41, 5.74) is 1.74. The lowest BCUT2D eigenvalue weighted by Crippen LogP contribution is -2.45. The van der Waals surface area contributed by atoms with Gasteiger partial charge >= 0.3 is 0 Å². The Kier molecular flexibility index (Phi) is 5.41. The van der Waals surface area contributed by atoms with Gasteiger partial charge in [0.05, 0.1) is 6.61 Å². The summed E-state index contributed by atoms with van der Waals surface area (Å²) in [6.45, 7) is 3.51. The summed E-state index contributed by atoms with van der Waals surface area (Å²) in [5, 5.41) is 12.4. The van der Waals surface area contributed by atoms with Gasteiger partial charge in [-0.25, -0.2) is 0 Å². The summed E-state index contributed by atoms with van der Waals surface area (Å²) in [7, 11) is 0. The monoisotopic (exact) mass is 276 g/mol. The Morgan fingerprint density at radius 2 is 2.05 bits per heavy atom. The van der Waals surface area contributed by atoms with Crippen molar-refractivity contribution in [1.82, 2.24) is 4.90 Å². The molecule has 0 spiro atoms. The van der Waals surface area contributed by atoms with Crippen molar-refractivity contribution < 1.29 is 9.90 Å². The zero-order valence-corrected chi connectivity index (χ0v) is 12.1. The highest BCUT2D eigenvalue weighted by Gasteiger charge is 2.28. The van der Waals surface area contributed by atoms with Gasteiger partial charge in [-0.3, -0.25) is 4.79 Å². The average molecular weight is 276 g/mol. The molecule has 0 heterocycles. The van der Waals surface area contributed by atoms with Gasteiger partial charge in [0.2, 0.25) is 0 Å². The number of rotatable bonds is 7. The first-order chi connectivity index (χ1) is 9.76. The zero-order chi connectivity index (χ0) is 14.4. The van der Waals surface area contributed by atoms with Crippen molar-refractivity contribution in [2.45, 2.75) is 38.6 Å². The number of carbonyl (C=O) groups is 1. The molecule has 0 bridgehead atoms. The molecule has 4 heteroatoms. The third-order valence-electron chi connectivity index (χ3n) is 3.83. The predicted molar refractivity (Wildman–Crippen MR) is 81.0 cm³/mol. The Labute approximate surface area is 120 Å². The van der Waals surface area contributed by atoms with Crippen LogP contribution in [0.4, 0.5) is 5.69 Å². The molecular weight excluding hydrogens is 252 g/mol. The maximum atomic E-state index is 12.5. The minimum atomic E-state index is 0.0262. The fraction of sp³-hybridized carbons (Fsp3) is 0.562. The number of nitrogens with zero attached hydrogens (tertiary/aromatic N) is 1. The molecule has 1 aliphatic carbocycles. The summed E-state index contributed by atoms with van der Waals surface area (Å²) in [4.78, 5) is 14.3. The van der Waals surface area contributed by atoms with E-state index in [1.54, 1.807) is 0 Å². The van der Waals surface area contributed by atoms with E-state index in [4.69, 9.17) is 5.11 Å². The van der Waals surface area contributed by atoms with Gasteiger partial charge in [-0.05, 0) is 49.9 Å². The van der Waals surface area contributed by atoms with Gasteiger partial charge in [0.1, 0.15) is 0 Å². The van der Waals surface area contributed by atoms with E-state index in [1.165, 1.54) is 6.42 Å². The van der Waals surface area contributed by atoms with Crippen molar-refractivity contribution in [2.24, 2.45) is 0 Å². The van der Waals surface area contributed by atoms with E-state index < -0.39 is 0 Å². The lowest BCUT2D eigenvalue weighted by Gasteiger charge is -2.37. The Morgan fingerprint density at radius 3 is 2.55 bits per heavy atom. The third-order valence-corrected chi connectivity index (χ3v) is 3.83. The number of hydrogen-bond donors (Lipinski definition) is 2. The lowest BCUT2D eigenvalue weighted by molar-refractivity contribution is 0.0526. The molecule has 20 heavy (non-hydrogen) atoms. The van der Waals surface area contributed by atoms with E-state index in [0.717, 1.165) is 31.5 Å². The molecule has 0 atom stereocenters. The first-order valence-electron chi connectivity index (χ1n) is 7.52. The van der Waals surface area contributed by atoms with Crippen LogP contribution in [0.25, 0.3) is 0 Å². The van der Waals surface area contributed by atoms with Crippen molar-refractivity contribution in [2.75, 3.05) is 25.0 Å². The Hall–Kier alpha value is -1.55. The topological polar surface area (TPSA) is 52.6 Å². The molecule has 0 aromatic heterocycles. The molecule has 1 aromatic rings.